The number of thioether (sulfide) groups is 1. The molecule has 1 aromatic heterocycles. The molecule has 0 bridgehead atoms. The summed E-state index contributed by atoms with van der Waals surface area (Å²) in [6.45, 7) is 8.51. The third-order valence-corrected chi connectivity index (χ3v) is 6.69. The van der Waals surface area contributed by atoms with Gasteiger partial charge in [-0.1, -0.05) is 47.7 Å². The van der Waals surface area contributed by atoms with Crippen LogP contribution in [0, 0.1) is 6.92 Å². The lowest BCUT2D eigenvalue weighted by molar-refractivity contribution is -0.115. The molecule has 1 atom stereocenters. The van der Waals surface area contributed by atoms with Gasteiger partial charge in [0.15, 0.2) is 5.82 Å². The standard InChI is InChI=1S/C26H29N3O3S/c1-16-9-11-18(12-10-16)23-28-22-14-26(3,4)32-15-21(22)25(29-23)33-17(2)24(30)27-19-7-6-8-20(13-19)31-5/h6-13,17H,14-15H2,1-5H3,(H,27,30)/t17-/m0/s1. The number of hydrogen-bond donors (Lipinski definition) is 1. The fourth-order valence-corrected chi connectivity index (χ4v) is 4.57. The molecule has 0 saturated heterocycles. The number of nitrogens with zero attached hydrogens (tertiary/aromatic N) is 2. The van der Waals surface area contributed by atoms with Crippen LogP contribution in [0.2, 0.25) is 0 Å². The minimum Gasteiger partial charge on any atom is -0.497 e. The molecule has 7 heteroatoms. The Morgan fingerprint density at radius 3 is 2.67 bits per heavy atom. The molecule has 0 aliphatic carbocycles. The second-order valence-corrected chi connectivity index (χ2v) is 10.2. The van der Waals surface area contributed by atoms with Crippen LogP contribution >= 0.6 is 11.8 Å². The molecule has 3 aromatic rings. The van der Waals surface area contributed by atoms with Gasteiger partial charge in [0, 0.05) is 29.3 Å². The predicted molar refractivity (Wildman–Crippen MR) is 132 cm³/mol. The van der Waals surface area contributed by atoms with Crippen molar-refractivity contribution in [2.45, 2.75) is 56.6 Å². The first kappa shape index (κ1) is 23.3. The number of anilines is 1. The average Bonchev–Trinajstić information content (AvgIpc) is 2.78. The summed E-state index contributed by atoms with van der Waals surface area (Å²) in [6, 6.07) is 15.5. The Morgan fingerprint density at radius 2 is 1.94 bits per heavy atom. The van der Waals surface area contributed by atoms with Crippen LogP contribution in [0.25, 0.3) is 11.4 Å². The van der Waals surface area contributed by atoms with Crippen molar-refractivity contribution < 1.29 is 14.3 Å². The van der Waals surface area contributed by atoms with Crippen molar-refractivity contribution in [1.29, 1.82) is 0 Å². The zero-order valence-electron chi connectivity index (χ0n) is 19.6. The molecule has 2 heterocycles. The van der Waals surface area contributed by atoms with Crippen LogP contribution in [0.15, 0.2) is 53.6 Å². The molecular weight excluding hydrogens is 434 g/mol. The summed E-state index contributed by atoms with van der Waals surface area (Å²) < 4.78 is 11.3. The lowest BCUT2D eigenvalue weighted by Gasteiger charge is -2.32. The first-order valence-electron chi connectivity index (χ1n) is 11.0. The highest BCUT2D eigenvalue weighted by atomic mass is 32.2. The van der Waals surface area contributed by atoms with Crippen LogP contribution in [0.1, 0.15) is 37.6 Å². The summed E-state index contributed by atoms with van der Waals surface area (Å²) >= 11 is 1.43. The maximum absolute atomic E-state index is 12.9. The summed E-state index contributed by atoms with van der Waals surface area (Å²) in [6.07, 6.45) is 0.696. The summed E-state index contributed by atoms with van der Waals surface area (Å²) in [7, 11) is 1.60. The number of carbonyl (C=O) groups excluding carboxylic acids is 1. The minimum atomic E-state index is -0.365. The van der Waals surface area contributed by atoms with Crippen LogP contribution in [-0.2, 0) is 22.6 Å². The average molecular weight is 464 g/mol. The highest BCUT2D eigenvalue weighted by molar-refractivity contribution is 8.00. The van der Waals surface area contributed by atoms with Crippen LogP contribution in [0.3, 0.4) is 0 Å². The van der Waals surface area contributed by atoms with Gasteiger partial charge in [0.1, 0.15) is 10.8 Å². The quantitative estimate of drug-likeness (QED) is 0.388. The van der Waals surface area contributed by atoms with E-state index in [9.17, 15) is 4.79 Å². The Bertz CT molecular complexity index is 1160. The first-order chi connectivity index (χ1) is 15.7. The third-order valence-electron chi connectivity index (χ3n) is 5.56. The molecule has 2 aromatic carbocycles. The van der Waals surface area contributed by atoms with Crippen molar-refractivity contribution >= 4 is 23.4 Å². The van der Waals surface area contributed by atoms with Crippen molar-refractivity contribution in [2.24, 2.45) is 0 Å². The Hall–Kier alpha value is -2.90. The molecule has 172 valence electrons. The molecule has 6 nitrogen and oxygen atoms in total. The van der Waals surface area contributed by atoms with Gasteiger partial charge in [-0.3, -0.25) is 4.79 Å². The van der Waals surface area contributed by atoms with Gasteiger partial charge in [0.2, 0.25) is 5.91 Å². The largest absolute Gasteiger partial charge is 0.497 e. The van der Waals surface area contributed by atoms with Crippen molar-refractivity contribution in [3.05, 3.63) is 65.4 Å². The van der Waals surface area contributed by atoms with Gasteiger partial charge in [-0.25, -0.2) is 9.97 Å². The molecule has 1 amide bonds. The number of rotatable bonds is 6. The molecule has 4 rings (SSSR count). The summed E-state index contributed by atoms with van der Waals surface area (Å²) in [5.41, 5.74) is 4.51. The summed E-state index contributed by atoms with van der Waals surface area (Å²) in [5.74, 6) is 1.27. The van der Waals surface area contributed by atoms with E-state index < -0.39 is 0 Å². The molecule has 0 spiro atoms. The van der Waals surface area contributed by atoms with Crippen molar-refractivity contribution in [3.8, 4) is 17.1 Å². The maximum atomic E-state index is 12.9. The van der Waals surface area contributed by atoms with Crippen LogP contribution in [-0.4, -0.2) is 33.8 Å². The Labute approximate surface area is 199 Å². The minimum absolute atomic E-state index is 0.102. The monoisotopic (exact) mass is 463 g/mol. The van der Waals surface area contributed by atoms with Gasteiger partial charge in [-0.15, -0.1) is 0 Å². The van der Waals surface area contributed by atoms with Crippen molar-refractivity contribution in [2.75, 3.05) is 12.4 Å². The van der Waals surface area contributed by atoms with Gasteiger partial charge in [-0.05, 0) is 39.8 Å². The molecular formula is C26H29N3O3S. The van der Waals surface area contributed by atoms with E-state index in [1.165, 1.54) is 17.3 Å². The Morgan fingerprint density at radius 1 is 1.18 bits per heavy atom. The van der Waals surface area contributed by atoms with Crippen LogP contribution in [0.4, 0.5) is 5.69 Å². The second kappa shape index (κ2) is 9.53. The lowest BCUT2D eigenvalue weighted by Crippen LogP contribution is -2.33. The fourth-order valence-electron chi connectivity index (χ4n) is 3.62. The number of nitrogens with one attached hydrogen (secondary N) is 1. The van der Waals surface area contributed by atoms with E-state index >= 15 is 0 Å². The zero-order valence-corrected chi connectivity index (χ0v) is 20.5. The number of ether oxygens (including phenoxy) is 2. The molecule has 1 aliphatic heterocycles. The SMILES string of the molecule is COc1cccc(NC(=O)[C@H](C)Sc2nc(-c3ccc(C)cc3)nc3c2COC(C)(C)C3)c1. The van der Waals surface area contributed by atoms with E-state index in [2.05, 4.69) is 38.2 Å². The van der Waals surface area contributed by atoms with Crippen LogP contribution < -0.4 is 10.1 Å². The zero-order chi connectivity index (χ0) is 23.6. The number of carbonyl (C=O) groups is 1. The van der Waals surface area contributed by atoms with Crippen molar-refractivity contribution in [1.82, 2.24) is 9.97 Å². The molecule has 0 fully saturated rings. The van der Waals surface area contributed by atoms with Gasteiger partial charge in [0.25, 0.3) is 0 Å². The number of methoxy groups -OCH3 is 1. The second-order valence-electron chi connectivity index (χ2n) is 8.85. The predicted octanol–water partition coefficient (Wildman–Crippen LogP) is 5.43. The van der Waals surface area contributed by atoms with Gasteiger partial charge < -0.3 is 14.8 Å². The summed E-state index contributed by atoms with van der Waals surface area (Å²) in [4.78, 5) is 22.7. The smallest absolute Gasteiger partial charge is 0.237 e. The van der Waals surface area contributed by atoms with Gasteiger partial charge in [-0.2, -0.15) is 0 Å². The molecule has 33 heavy (non-hydrogen) atoms. The summed E-state index contributed by atoms with van der Waals surface area (Å²) in [5, 5.41) is 3.39. The highest BCUT2D eigenvalue weighted by Crippen LogP contribution is 2.35. The third kappa shape index (κ3) is 5.54. The van der Waals surface area contributed by atoms with Crippen molar-refractivity contribution in [3.63, 3.8) is 0 Å². The normalized spacial score (nSPS) is 15.4. The number of amides is 1. The Balaban J connectivity index is 1.62. The highest BCUT2D eigenvalue weighted by Gasteiger charge is 2.31. The number of hydrogen-bond acceptors (Lipinski definition) is 6. The number of aryl methyl sites for hydroxylation is 1. The molecule has 0 saturated carbocycles. The van der Waals surface area contributed by atoms with E-state index in [1.807, 2.05) is 37.3 Å². The van der Waals surface area contributed by atoms with E-state index in [4.69, 9.17) is 19.4 Å². The van der Waals surface area contributed by atoms with E-state index in [0.29, 0.717) is 30.3 Å². The van der Waals surface area contributed by atoms with Gasteiger partial charge in [0.05, 0.1) is 30.3 Å². The van der Waals surface area contributed by atoms with E-state index in [1.54, 1.807) is 13.2 Å². The Kier molecular flexibility index (Phi) is 6.72. The van der Waals surface area contributed by atoms with E-state index in [-0.39, 0.29) is 16.8 Å². The van der Waals surface area contributed by atoms with E-state index in [0.717, 1.165) is 21.8 Å². The van der Waals surface area contributed by atoms with Gasteiger partial charge >= 0.3 is 0 Å². The lowest BCUT2D eigenvalue weighted by atomic mass is 9.96. The number of benzene rings is 2. The number of fused-ring (bicyclic) bond motifs is 1. The molecule has 0 radical (unpaired) electrons. The molecule has 1 N–H and O–H groups in total. The fraction of sp³-hybridized carbons (Fsp3) is 0.346. The first-order valence-corrected chi connectivity index (χ1v) is 11.8. The molecule has 0 unspecified atom stereocenters. The maximum Gasteiger partial charge on any atom is 0.237 e. The van der Waals surface area contributed by atoms with Crippen LogP contribution in [0.5, 0.6) is 5.75 Å². The topological polar surface area (TPSA) is 73.3 Å². The molecule has 1 aliphatic rings. The number of aromatic nitrogens is 2.